The highest BCUT2D eigenvalue weighted by atomic mass is 15.3. The monoisotopic (exact) mass is 208 g/mol. The first kappa shape index (κ1) is 10.6. The molecule has 2 heterocycles. The van der Waals surface area contributed by atoms with Gasteiger partial charge >= 0.3 is 0 Å². The lowest BCUT2D eigenvalue weighted by molar-refractivity contribution is 0.0739. The molecule has 0 amide bonds. The maximum absolute atomic E-state index is 5.97. The van der Waals surface area contributed by atoms with Crippen molar-refractivity contribution >= 4 is 0 Å². The average Bonchev–Trinajstić information content (AvgIpc) is 2.44. The molecule has 0 aliphatic carbocycles. The number of nitrogens with two attached hydrogens (primary N) is 1. The van der Waals surface area contributed by atoms with Crippen LogP contribution in [0.4, 0.5) is 0 Å². The molecule has 84 valence electrons. The Bertz CT molecular complexity index is 345. The molecular weight excluding hydrogens is 188 g/mol. The fraction of sp³-hybridized carbons (Fsp3) is 0.727. The van der Waals surface area contributed by atoms with Gasteiger partial charge in [-0.05, 0) is 19.4 Å². The van der Waals surface area contributed by atoms with Crippen molar-refractivity contribution in [1.29, 1.82) is 0 Å². The summed E-state index contributed by atoms with van der Waals surface area (Å²) in [5.41, 5.74) is 8.44. The summed E-state index contributed by atoms with van der Waals surface area (Å²) >= 11 is 0. The van der Waals surface area contributed by atoms with E-state index in [1.807, 2.05) is 11.7 Å². The first-order valence-electron chi connectivity index (χ1n) is 5.53. The van der Waals surface area contributed by atoms with Crippen LogP contribution < -0.4 is 5.73 Å². The van der Waals surface area contributed by atoms with Crippen molar-refractivity contribution in [3.63, 3.8) is 0 Å². The van der Waals surface area contributed by atoms with Crippen LogP contribution in [0.15, 0.2) is 6.07 Å². The van der Waals surface area contributed by atoms with Crippen molar-refractivity contribution < 1.29 is 0 Å². The summed E-state index contributed by atoms with van der Waals surface area (Å²) < 4.78 is 1.98. The maximum Gasteiger partial charge on any atom is 0.0625 e. The Balaban J connectivity index is 1.97. The third kappa shape index (κ3) is 2.21. The highest BCUT2D eigenvalue weighted by Crippen LogP contribution is 2.20. The van der Waals surface area contributed by atoms with Crippen LogP contribution in [0.2, 0.25) is 0 Å². The highest BCUT2D eigenvalue weighted by Gasteiger charge is 2.34. The third-order valence-electron chi connectivity index (χ3n) is 2.94. The van der Waals surface area contributed by atoms with Crippen molar-refractivity contribution in [3.05, 3.63) is 17.5 Å². The number of aromatic nitrogens is 2. The van der Waals surface area contributed by atoms with Crippen LogP contribution in [0.1, 0.15) is 25.2 Å². The Morgan fingerprint density at radius 1 is 1.53 bits per heavy atom. The van der Waals surface area contributed by atoms with E-state index in [2.05, 4.69) is 29.9 Å². The molecule has 0 unspecified atom stereocenters. The number of aryl methyl sites for hydroxylation is 2. The van der Waals surface area contributed by atoms with E-state index in [1.165, 1.54) is 11.4 Å². The van der Waals surface area contributed by atoms with E-state index in [0.717, 1.165) is 26.1 Å². The van der Waals surface area contributed by atoms with Crippen molar-refractivity contribution in [2.45, 2.75) is 32.4 Å². The minimum absolute atomic E-state index is 0.0200. The standard InChI is InChI=1S/C11H20N4/c1-4-9-5-10(14(3)13-9)6-15-7-11(2,12)8-15/h5H,4,6-8,12H2,1-3H3. The van der Waals surface area contributed by atoms with Gasteiger partial charge in [0.15, 0.2) is 0 Å². The fourth-order valence-corrected chi connectivity index (χ4v) is 2.21. The number of hydrogen-bond donors (Lipinski definition) is 1. The molecule has 0 saturated carbocycles. The van der Waals surface area contributed by atoms with Crippen molar-refractivity contribution in [3.8, 4) is 0 Å². The molecule has 1 fully saturated rings. The number of likely N-dealkylation sites (tertiary alicyclic amines) is 1. The van der Waals surface area contributed by atoms with E-state index >= 15 is 0 Å². The maximum atomic E-state index is 5.97. The largest absolute Gasteiger partial charge is 0.323 e. The Morgan fingerprint density at radius 3 is 2.67 bits per heavy atom. The summed E-state index contributed by atoms with van der Waals surface area (Å²) in [7, 11) is 2.01. The van der Waals surface area contributed by atoms with E-state index in [0.29, 0.717) is 0 Å². The van der Waals surface area contributed by atoms with Crippen molar-refractivity contribution in [1.82, 2.24) is 14.7 Å². The first-order chi connectivity index (χ1) is 7.00. The molecule has 15 heavy (non-hydrogen) atoms. The van der Waals surface area contributed by atoms with E-state index < -0.39 is 0 Å². The normalized spacial score (nSPS) is 20.3. The van der Waals surface area contributed by atoms with Crippen LogP contribution in [0, 0.1) is 0 Å². The third-order valence-corrected chi connectivity index (χ3v) is 2.94. The van der Waals surface area contributed by atoms with E-state index in [9.17, 15) is 0 Å². The molecule has 0 atom stereocenters. The van der Waals surface area contributed by atoms with E-state index in [4.69, 9.17) is 5.73 Å². The average molecular weight is 208 g/mol. The smallest absolute Gasteiger partial charge is 0.0625 e. The molecule has 1 aliphatic rings. The van der Waals surface area contributed by atoms with Crippen LogP contribution in [-0.4, -0.2) is 33.3 Å². The minimum atomic E-state index is 0.0200. The zero-order chi connectivity index (χ0) is 11.1. The number of hydrogen-bond acceptors (Lipinski definition) is 3. The summed E-state index contributed by atoms with van der Waals surface area (Å²) in [5, 5.41) is 4.44. The zero-order valence-corrected chi connectivity index (χ0v) is 9.82. The van der Waals surface area contributed by atoms with Gasteiger partial charge in [-0.2, -0.15) is 5.10 Å². The van der Waals surface area contributed by atoms with Crippen LogP contribution in [0.3, 0.4) is 0 Å². The summed E-state index contributed by atoms with van der Waals surface area (Å²) in [5.74, 6) is 0. The molecular formula is C11H20N4. The molecule has 2 N–H and O–H groups in total. The van der Waals surface area contributed by atoms with Gasteiger partial charge in [0.1, 0.15) is 0 Å². The number of nitrogens with zero attached hydrogens (tertiary/aromatic N) is 3. The Kier molecular flexibility index (Phi) is 2.56. The molecule has 0 aromatic carbocycles. The second kappa shape index (κ2) is 3.61. The van der Waals surface area contributed by atoms with E-state index in [1.54, 1.807) is 0 Å². The lowest BCUT2D eigenvalue weighted by Crippen LogP contribution is -2.64. The summed E-state index contributed by atoms with van der Waals surface area (Å²) in [6.07, 6.45) is 1.00. The van der Waals surface area contributed by atoms with Gasteiger partial charge in [-0.3, -0.25) is 9.58 Å². The second-order valence-corrected chi connectivity index (χ2v) is 4.90. The fourth-order valence-electron chi connectivity index (χ4n) is 2.21. The first-order valence-corrected chi connectivity index (χ1v) is 5.53. The molecule has 0 bridgehead atoms. The SMILES string of the molecule is CCc1cc(CN2CC(C)(N)C2)n(C)n1. The van der Waals surface area contributed by atoms with Crippen LogP contribution in [0.25, 0.3) is 0 Å². The van der Waals surface area contributed by atoms with Gasteiger partial charge in [-0.25, -0.2) is 0 Å². The van der Waals surface area contributed by atoms with Gasteiger partial charge in [-0.15, -0.1) is 0 Å². The van der Waals surface area contributed by atoms with Crippen LogP contribution >= 0.6 is 0 Å². The lowest BCUT2D eigenvalue weighted by Gasteiger charge is -2.45. The minimum Gasteiger partial charge on any atom is -0.323 e. The van der Waals surface area contributed by atoms with Gasteiger partial charge < -0.3 is 5.73 Å². The molecule has 4 heteroatoms. The Labute approximate surface area is 91.1 Å². The van der Waals surface area contributed by atoms with Gasteiger partial charge in [-0.1, -0.05) is 6.92 Å². The Hall–Kier alpha value is -0.870. The Morgan fingerprint density at radius 2 is 2.20 bits per heavy atom. The van der Waals surface area contributed by atoms with Gasteiger partial charge in [0, 0.05) is 32.2 Å². The molecule has 2 rings (SSSR count). The molecule has 0 spiro atoms. The van der Waals surface area contributed by atoms with Gasteiger partial charge in [0.25, 0.3) is 0 Å². The topological polar surface area (TPSA) is 47.1 Å². The van der Waals surface area contributed by atoms with Crippen molar-refractivity contribution in [2.75, 3.05) is 13.1 Å². The summed E-state index contributed by atoms with van der Waals surface area (Å²) in [4.78, 5) is 2.36. The zero-order valence-electron chi connectivity index (χ0n) is 9.82. The molecule has 1 saturated heterocycles. The predicted molar refractivity (Wildman–Crippen MR) is 60.5 cm³/mol. The lowest BCUT2D eigenvalue weighted by atomic mass is 9.94. The van der Waals surface area contributed by atoms with E-state index in [-0.39, 0.29) is 5.54 Å². The van der Waals surface area contributed by atoms with Gasteiger partial charge in [0.2, 0.25) is 0 Å². The quantitative estimate of drug-likeness (QED) is 0.787. The second-order valence-electron chi connectivity index (χ2n) is 4.90. The number of rotatable bonds is 3. The molecule has 1 aliphatic heterocycles. The van der Waals surface area contributed by atoms with Crippen LogP contribution in [0.5, 0.6) is 0 Å². The molecule has 1 aromatic heterocycles. The summed E-state index contributed by atoms with van der Waals surface area (Å²) in [6, 6.07) is 2.19. The molecule has 4 nitrogen and oxygen atoms in total. The molecule has 0 radical (unpaired) electrons. The van der Waals surface area contributed by atoms with Gasteiger partial charge in [0.05, 0.1) is 11.4 Å². The molecule has 1 aromatic rings. The summed E-state index contributed by atoms with van der Waals surface area (Å²) in [6.45, 7) is 7.17. The van der Waals surface area contributed by atoms with Crippen LogP contribution in [-0.2, 0) is 20.0 Å². The predicted octanol–water partition coefficient (Wildman–Crippen LogP) is 0.516. The van der Waals surface area contributed by atoms with Crippen molar-refractivity contribution in [2.24, 2.45) is 12.8 Å². The highest BCUT2D eigenvalue weighted by molar-refractivity contribution is 5.11.